The largest absolute Gasteiger partial charge is 0.312 e. The molecule has 0 atom stereocenters. The first-order valence-electron chi connectivity index (χ1n) is 5.48. The summed E-state index contributed by atoms with van der Waals surface area (Å²) in [5, 5.41) is 0.487. The van der Waals surface area contributed by atoms with Crippen LogP contribution in [0.3, 0.4) is 0 Å². The van der Waals surface area contributed by atoms with Gasteiger partial charge in [-0.3, -0.25) is 9.69 Å². The lowest BCUT2D eigenvalue weighted by Gasteiger charge is -2.43. The topological polar surface area (TPSA) is 23.6 Å². The van der Waals surface area contributed by atoms with Crippen LogP contribution >= 0.6 is 24.4 Å². The van der Waals surface area contributed by atoms with E-state index in [1.165, 1.54) is 4.90 Å². The van der Waals surface area contributed by atoms with Crippen LogP contribution in [0.1, 0.15) is 27.2 Å². The average Bonchev–Trinajstić information content (AvgIpc) is 2.24. The molecule has 0 aromatic carbocycles. The van der Waals surface area contributed by atoms with E-state index in [1.807, 2.05) is 25.7 Å². The lowest BCUT2D eigenvalue weighted by molar-refractivity contribution is -0.133. The second-order valence-electron chi connectivity index (χ2n) is 4.94. The van der Waals surface area contributed by atoms with Crippen molar-refractivity contribution in [3.63, 3.8) is 0 Å². The van der Waals surface area contributed by atoms with Gasteiger partial charge in [0.05, 0.1) is 10.4 Å². The Hall–Kier alpha value is -0.810. The molecule has 0 unspecified atom stereocenters. The first kappa shape index (κ1) is 14.3. The number of hydrogen-bond donors (Lipinski definition) is 0. The number of thiocarbonyl (C=S) groups is 2. The number of hydrogen-bond acceptors (Lipinski definition) is 3. The van der Waals surface area contributed by atoms with E-state index in [-0.39, 0.29) is 5.91 Å². The van der Waals surface area contributed by atoms with Crippen LogP contribution in [0.5, 0.6) is 0 Å². The highest BCUT2D eigenvalue weighted by Crippen LogP contribution is 2.29. The molecule has 0 bridgehead atoms. The molecular weight excluding hydrogens is 252 g/mol. The van der Waals surface area contributed by atoms with Crippen molar-refractivity contribution in [3.8, 4) is 0 Å². The van der Waals surface area contributed by atoms with Gasteiger partial charge in [-0.05, 0) is 39.4 Å². The molecule has 0 aromatic rings. The smallest absolute Gasteiger partial charge is 0.240 e. The minimum Gasteiger partial charge on any atom is -0.312 e. The van der Waals surface area contributed by atoms with Crippen LogP contribution in [0.2, 0.25) is 0 Å². The summed E-state index contributed by atoms with van der Waals surface area (Å²) >= 11 is 10.7. The lowest BCUT2D eigenvalue weighted by atomic mass is 9.89. The van der Waals surface area contributed by atoms with E-state index in [2.05, 4.69) is 6.58 Å². The van der Waals surface area contributed by atoms with Crippen molar-refractivity contribution in [1.29, 1.82) is 0 Å². The summed E-state index contributed by atoms with van der Waals surface area (Å²) in [6.45, 7) is 10.2. The standard InChI is InChI=1S/C12H18N2OS2/c1-8(2)6-7-14-10(16)12(3,4)9(15)13(5)11(14)17/h1,6-7H2,2-5H3. The number of carbonyl (C=O) groups is 1. The second kappa shape index (κ2) is 4.82. The Morgan fingerprint density at radius 2 is 1.94 bits per heavy atom. The second-order valence-corrected chi connectivity index (χ2v) is 5.69. The highest BCUT2D eigenvalue weighted by molar-refractivity contribution is 7.82. The van der Waals surface area contributed by atoms with Gasteiger partial charge >= 0.3 is 0 Å². The van der Waals surface area contributed by atoms with E-state index < -0.39 is 5.41 Å². The number of amides is 1. The molecule has 1 rings (SSSR count). The van der Waals surface area contributed by atoms with Gasteiger partial charge in [0.25, 0.3) is 0 Å². The minimum atomic E-state index is -0.665. The fourth-order valence-corrected chi connectivity index (χ4v) is 2.29. The fraction of sp³-hybridized carbons (Fsp3) is 0.583. The SMILES string of the molecule is C=C(C)CCN1C(=S)N(C)C(=O)C(C)(C)C1=S. The monoisotopic (exact) mass is 270 g/mol. The molecule has 5 heteroatoms. The van der Waals surface area contributed by atoms with Gasteiger partial charge in [-0.25, -0.2) is 0 Å². The Labute approximate surface area is 113 Å². The molecule has 0 N–H and O–H groups in total. The Balaban J connectivity index is 2.97. The highest BCUT2D eigenvalue weighted by atomic mass is 32.1. The molecule has 0 aromatic heterocycles. The maximum Gasteiger partial charge on any atom is 0.240 e. The average molecular weight is 270 g/mol. The van der Waals surface area contributed by atoms with Crippen LogP contribution in [0.4, 0.5) is 0 Å². The maximum atomic E-state index is 12.1. The molecular formula is C12H18N2OS2. The molecule has 0 spiro atoms. The Bertz CT molecular complexity index is 401. The predicted molar refractivity (Wildman–Crippen MR) is 77.9 cm³/mol. The van der Waals surface area contributed by atoms with E-state index in [9.17, 15) is 4.79 Å². The van der Waals surface area contributed by atoms with E-state index in [0.717, 1.165) is 12.0 Å². The van der Waals surface area contributed by atoms with Crippen molar-refractivity contribution >= 4 is 40.4 Å². The number of rotatable bonds is 3. The fourth-order valence-electron chi connectivity index (χ4n) is 1.70. The summed E-state index contributed by atoms with van der Waals surface area (Å²) in [4.78, 5) is 16.0. The molecule has 0 saturated carbocycles. The van der Waals surface area contributed by atoms with Gasteiger partial charge in [0, 0.05) is 13.6 Å². The van der Waals surface area contributed by atoms with E-state index >= 15 is 0 Å². The van der Waals surface area contributed by atoms with Gasteiger partial charge in [-0.15, -0.1) is 6.58 Å². The summed E-state index contributed by atoms with van der Waals surface area (Å²) in [7, 11) is 1.70. The molecule has 0 radical (unpaired) electrons. The van der Waals surface area contributed by atoms with Crippen LogP contribution in [0.25, 0.3) is 0 Å². The molecule has 1 amide bonds. The van der Waals surface area contributed by atoms with E-state index in [4.69, 9.17) is 24.4 Å². The van der Waals surface area contributed by atoms with Gasteiger partial charge in [0.15, 0.2) is 5.11 Å². The third-order valence-corrected chi connectivity index (χ3v) is 4.12. The predicted octanol–water partition coefficient (Wildman–Crippen LogP) is 2.37. The Kier molecular flexibility index (Phi) is 4.04. The van der Waals surface area contributed by atoms with Crippen molar-refractivity contribution in [3.05, 3.63) is 12.2 Å². The zero-order chi connectivity index (χ0) is 13.4. The Morgan fingerprint density at radius 1 is 1.41 bits per heavy atom. The summed E-state index contributed by atoms with van der Waals surface area (Å²) in [6, 6.07) is 0. The molecule has 1 fully saturated rings. The van der Waals surface area contributed by atoms with Gasteiger partial charge in [0.2, 0.25) is 5.91 Å². The summed E-state index contributed by atoms with van der Waals surface area (Å²) < 4.78 is 0. The zero-order valence-electron chi connectivity index (χ0n) is 10.7. The summed E-state index contributed by atoms with van der Waals surface area (Å²) in [5.41, 5.74) is 0.412. The van der Waals surface area contributed by atoms with E-state index in [1.54, 1.807) is 7.05 Å². The van der Waals surface area contributed by atoms with Crippen LogP contribution in [0.15, 0.2) is 12.2 Å². The van der Waals surface area contributed by atoms with Crippen molar-refractivity contribution in [1.82, 2.24) is 9.80 Å². The van der Waals surface area contributed by atoms with Crippen LogP contribution in [-0.4, -0.2) is 39.4 Å². The number of nitrogens with zero attached hydrogens (tertiary/aromatic N) is 2. The molecule has 1 aliphatic heterocycles. The zero-order valence-corrected chi connectivity index (χ0v) is 12.4. The molecule has 3 nitrogen and oxygen atoms in total. The first-order chi connectivity index (χ1) is 7.69. The van der Waals surface area contributed by atoms with Crippen LogP contribution < -0.4 is 0 Å². The van der Waals surface area contributed by atoms with Crippen LogP contribution in [0, 0.1) is 5.41 Å². The third-order valence-electron chi connectivity index (χ3n) is 2.90. The van der Waals surface area contributed by atoms with Crippen molar-refractivity contribution < 1.29 is 4.79 Å². The molecule has 1 saturated heterocycles. The van der Waals surface area contributed by atoms with Gasteiger partial charge in [-0.2, -0.15) is 0 Å². The van der Waals surface area contributed by atoms with E-state index in [0.29, 0.717) is 16.6 Å². The van der Waals surface area contributed by atoms with Crippen LogP contribution in [-0.2, 0) is 4.79 Å². The molecule has 0 aliphatic carbocycles. The van der Waals surface area contributed by atoms with Gasteiger partial charge in [-0.1, -0.05) is 17.8 Å². The molecule has 17 heavy (non-hydrogen) atoms. The summed E-state index contributed by atoms with van der Waals surface area (Å²) in [5.74, 6) is -0.0425. The molecule has 1 heterocycles. The normalized spacial score (nSPS) is 19.9. The van der Waals surface area contributed by atoms with Crippen molar-refractivity contribution in [2.45, 2.75) is 27.2 Å². The lowest BCUT2D eigenvalue weighted by Crippen LogP contribution is -2.61. The van der Waals surface area contributed by atoms with Crippen molar-refractivity contribution in [2.24, 2.45) is 5.41 Å². The van der Waals surface area contributed by atoms with Gasteiger partial charge < -0.3 is 4.90 Å². The molecule has 1 aliphatic rings. The summed E-state index contributed by atoms with van der Waals surface area (Å²) in [6.07, 6.45) is 0.818. The first-order valence-corrected chi connectivity index (χ1v) is 6.29. The number of carbonyl (C=O) groups excluding carboxylic acids is 1. The Morgan fingerprint density at radius 3 is 2.41 bits per heavy atom. The molecule has 94 valence electrons. The highest BCUT2D eigenvalue weighted by Gasteiger charge is 2.45. The maximum absolute atomic E-state index is 12.1. The quantitative estimate of drug-likeness (QED) is 0.580. The third kappa shape index (κ3) is 2.55. The van der Waals surface area contributed by atoms with Gasteiger partial charge in [0.1, 0.15) is 0 Å². The minimum absolute atomic E-state index is 0.0425. The van der Waals surface area contributed by atoms with Crippen molar-refractivity contribution in [2.75, 3.05) is 13.6 Å².